The third-order valence-corrected chi connectivity index (χ3v) is 4.22. The molecule has 0 aliphatic heterocycles. The molecule has 11 heavy (non-hydrogen) atoms. The Morgan fingerprint density at radius 3 is 2.27 bits per heavy atom. The van der Waals surface area contributed by atoms with Crippen LogP contribution in [0.5, 0.6) is 0 Å². The number of rotatable bonds is 2. The highest BCUT2D eigenvalue weighted by Crippen LogP contribution is 2.61. The highest BCUT2D eigenvalue weighted by Gasteiger charge is 2.48. The Morgan fingerprint density at radius 2 is 2.18 bits per heavy atom. The molecule has 0 N–H and O–H groups in total. The van der Waals surface area contributed by atoms with Crippen LogP contribution in [0.1, 0.15) is 47.0 Å². The van der Waals surface area contributed by atoms with Crippen molar-refractivity contribution in [3.63, 3.8) is 0 Å². The third kappa shape index (κ3) is 1.13. The van der Waals surface area contributed by atoms with Gasteiger partial charge in [0.15, 0.2) is 0 Å². The van der Waals surface area contributed by atoms with E-state index in [0.717, 1.165) is 12.3 Å². The van der Waals surface area contributed by atoms with Crippen LogP contribution in [0.15, 0.2) is 0 Å². The Balaban J connectivity index is 2.72. The van der Waals surface area contributed by atoms with Gasteiger partial charge in [-0.1, -0.05) is 39.4 Å². The van der Waals surface area contributed by atoms with Gasteiger partial charge >= 0.3 is 0 Å². The van der Waals surface area contributed by atoms with Crippen LogP contribution in [-0.4, -0.2) is 7.85 Å². The molecule has 0 amide bonds. The van der Waals surface area contributed by atoms with Crippen LogP contribution in [-0.2, 0) is 0 Å². The minimum absolute atomic E-state index is 0.0463. The van der Waals surface area contributed by atoms with Gasteiger partial charge in [-0.25, -0.2) is 0 Å². The summed E-state index contributed by atoms with van der Waals surface area (Å²) < 4.78 is 0. The highest BCUT2D eigenvalue weighted by atomic mass is 14.5. The van der Waals surface area contributed by atoms with E-state index in [1.165, 1.54) is 12.8 Å². The van der Waals surface area contributed by atoms with Crippen LogP contribution in [0.2, 0.25) is 5.31 Å². The van der Waals surface area contributed by atoms with E-state index < -0.39 is 0 Å². The Kier molecular flexibility index (Phi) is 2.11. The van der Waals surface area contributed by atoms with Crippen LogP contribution in [0.4, 0.5) is 0 Å². The highest BCUT2D eigenvalue weighted by molar-refractivity contribution is 6.15. The maximum atomic E-state index is 6.25. The zero-order valence-corrected chi connectivity index (χ0v) is 8.28. The first-order chi connectivity index (χ1) is 4.94. The molecule has 0 aromatic carbocycles. The van der Waals surface area contributed by atoms with Gasteiger partial charge in [0.2, 0.25) is 0 Å². The molecule has 0 heterocycles. The second-order valence-corrected chi connectivity index (χ2v) is 4.63. The largest absolute Gasteiger partial charge is 0.0749 e. The SMILES string of the molecule is [B]C(C)(CC)C1(C)CCC1C. The van der Waals surface area contributed by atoms with Gasteiger partial charge in [0, 0.05) is 0 Å². The van der Waals surface area contributed by atoms with Crippen LogP contribution in [0.3, 0.4) is 0 Å². The number of hydrogen-bond acceptors (Lipinski definition) is 0. The van der Waals surface area contributed by atoms with Crippen LogP contribution >= 0.6 is 0 Å². The van der Waals surface area contributed by atoms with Crippen molar-refractivity contribution in [3.8, 4) is 0 Å². The molecule has 62 valence electrons. The predicted molar refractivity (Wildman–Crippen MR) is 50.9 cm³/mol. The average molecular weight is 150 g/mol. The fraction of sp³-hybridized carbons (Fsp3) is 1.00. The van der Waals surface area contributed by atoms with E-state index in [4.69, 9.17) is 7.85 Å². The molecule has 1 heteroatoms. The zero-order valence-electron chi connectivity index (χ0n) is 8.28. The smallest absolute Gasteiger partial charge is 0.0671 e. The Bertz CT molecular complexity index is 151. The van der Waals surface area contributed by atoms with E-state index in [-0.39, 0.29) is 5.31 Å². The van der Waals surface area contributed by atoms with Gasteiger partial charge in [-0.15, -0.1) is 0 Å². The van der Waals surface area contributed by atoms with Crippen molar-refractivity contribution in [1.82, 2.24) is 0 Å². The monoisotopic (exact) mass is 150 g/mol. The second kappa shape index (κ2) is 2.53. The zero-order chi connectivity index (χ0) is 8.70. The first kappa shape index (κ1) is 9.16. The van der Waals surface area contributed by atoms with E-state index in [1.54, 1.807) is 0 Å². The van der Waals surface area contributed by atoms with Crippen molar-refractivity contribution in [2.75, 3.05) is 0 Å². The third-order valence-electron chi connectivity index (χ3n) is 4.22. The minimum Gasteiger partial charge on any atom is -0.0671 e. The molecule has 3 atom stereocenters. The molecular weight excluding hydrogens is 131 g/mol. The maximum absolute atomic E-state index is 6.25. The Hall–Kier alpha value is 0.0649. The summed E-state index contributed by atoms with van der Waals surface area (Å²) in [4.78, 5) is 0. The first-order valence-corrected chi connectivity index (χ1v) is 4.73. The minimum atomic E-state index is 0.0463. The fourth-order valence-corrected chi connectivity index (χ4v) is 2.12. The lowest BCUT2D eigenvalue weighted by Gasteiger charge is -2.56. The summed E-state index contributed by atoms with van der Waals surface area (Å²) in [5.41, 5.74) is 0.405. The lowest BCUT2D eigenvalue weighted by atomic mass is 9.42. The van der Waals surface area contributed by atoms with Gasteiger partial charge in [0.1, 0.15) is 0 Å². The van der Waals surface area contributed by atoms with Crippen molar-refractivity contribution < 1.29 is 0 Å². The van der Waals surface area contributed by atoms with Crippen molar-refractivity contribution in [2.45, 2.75) is 52.3 Å². The van der Waals surface area contributed by atoms with Crippen molar-refractivity contribution >= 4 is 7.85 Å². The quantitative estimate of drug-likeness (QED) is 0.530. The summed E-state index contributed by atoms with van der Waals surface area (Å²) in [6.45, 7) is 9.05. The fourth-order valence-electron chi connectivity index (χ4n) is 2.12. The van der Waals surface area contributed by atoms with E-state index in [2.05, 4.69) is 27.7 Å². The molecule has 1 saturated carbocycles. The Labute approximate surface area is 72.2 Å². The summed E-state index contributed by atoms with van der Waals surface area (Å²) in [6, 6.07) is 0. The first-order valence-electron chi connectivity index (χ1n) is 4.73. The topological polar surface area (TPSA) is 0 Å². The Morgan fingerprint density at radius 1 is 1.64 bits per heavy atom. The van der Waals surface area contributed by atoms with Crippen molar-refractivity contribution in [1.29, 1.82) is 0 Å². The average Bonchev–Trinajstić information content (AvgIpc) is 2.00. The molecule has 2 radical (unpaired) electrons. The molecule has 0 spiro atoms. The lowest BCUT2D eigenvalue weighted by Crippen LogP contribution is -2.44. The summed E-state index contributed by atoms with van der Waals surface area (Å²) >= 11 is 0. The van der Waals surface area contributed by atoms with E-state index >= 15 is 0 Å². The molecule has 0 bridgehead atoms. The summed E-state index contributed by atoms with van der Waals surface area (Å²) in [5, 5.41) is 0.0463. The summed E-state index contributed by atoms with van der Waals surface area (Å²) in [7, 11) is 6.25. The summed E-state index contributed by atoms with van der Waals surface area (Å²) in [6.07, 6.45) is 3.77. The molecule has 1 rings (SSSR count). The van der Waals surface area contributed by atoms with Crippen LogP contribution in [0, 0.1) is 11.3 Å². The van der Waals surface area contributed by atoms with Gasteiger partial charge in [0.25, 0.3) is 0 Å². The van der Waals surface area contributed by atoms with E-state index in [1.807, 2.05) is 0 Å². The van der Waals surface area contributed by atoms with E-state index in [9.17, 15) is 0 Å². The van der Waals surface area contributed by atoms with Gasteiger partial charge in [-0.3, -0.25) is 0 Å². The van der Waals surface area contributed by atoms with Gasteiger partial charge in [-0.05, 0) is 24.2 Å². The molecule has 3 unspecified atom stereocenters. The molecule has 1 aliphatic rings. The van der Waals surface area contributed by atoms with Gasteiger partial charge < -0.3 is 0 Å². The number of hydrogen-bond donors (Lipinski definition) is 0. The maximum Gasteiger partial charge on any atom is 0.0749 e. The van der Waals surface area contributed by atoms with Gasteiger partial charge in [-0.2, -0.15) is 0 Å². The standard InChI is InChI=1S/C10H19B/c1-5-10(4,11)9(3)7-6-8(9)2/h8H,5-7H2,1-4H3. The molecular formula is C10H19B. The lowest BCUT2D eigenvalue weighted by molar-refractivity contribution is 0.0148. The molecule has 0 nitrogen and oxygen atoms in total. The normalized spacial score (nSPS) is 42.7. The predicted octanol–water partition coefficient (Wildman–Crippen LogP) is 3.18. The molecule has 1 aliphatic carbocycles. The summed E-state index contributed by atoms with van der Waals surface area (Å²) in [5.74, 6) is 0.817. The van der Waals surface area contributed by atoms with Crippen LogP contribution < -0.4 is 0 Å². The molecule has 0 saturated heterocycles. The van der Waals surface area contributed by atoms with Crippen molar-refractivity contribution in [3.05, 3.63) is 0 Å². The van der Waals surface area contributed by atoms with Crippen LogP contribution in [0.25, 0.3) is 0 Å². The second-order valence-electron chi connectivity index (χ2n) is 4.63. The van der Waals surface area contributed by atoms with E-state index in [0.29, 0.717) is 5.41 Å². The molecule has 0 aromatic rings. The molecule has 1 fully saturated rings. The van der Waals surface area contributed by atoms with Gasteiger partial charge in [0.05, 0.1) is 7.85 Å². The molecule has 0 aromatic heterocycles. The van der Waals surface area contributed by atoms with Crippen molar-refractivity contribution in [2.24, 2.45) is 11.3 Å².